The molecular weight excluding hydrogens is 276 g/mol. The van der Waals surface area contributed by atoms with E-state index in [-0.39, 0.29) is 24.0 Å². The van der Waals surface area contributed by atoms with Crippen LogP contribution in [0.3, 0.4) is 0 Å². The van der Waals surface area contributed by atoms with Crippen LogP contribution in [0.15, 0.2) is 5.38 Å². The summed E-state index contributed by atoms with van der Waals surface area (Å²) in [5, 5.41) is 5.85. The van der Waals surface area contributed by atoms with E-state index >= 15 is 0 Å². The maximum absolute atomic E-state index is 11.7. The van der Waals surface area contributed by atoms with Crippen LogP contribution >= 0.6 is 11.3 Å². The highest BCUT2D eigenvalue weighted by molar-refractivity contribution is 7.09. The van der Waals surface area contributed by atoms with Crippen LogP contribution in [0.2, 0.25) is 0 Å². The van der Waals surface area contributed by atoms with Gasteiger partial charge < -0.3 is 14.8 Å². The molecule has 0 fully saturated rings. The Labute approximate surface area is 124 Å². The number of aromatic nitrogens is 1. The second-order valence-corrected chi connectivity index (χ2v) is 6.55. The number of ether oxygens (including phenoxy) is 2. The summed E-state index contributed by atoms with van der Waals surface area (Å²) in [6.07, 6.45) is 0. The van der Waals surface area contributed by atoms with E-state index in [1.165, 1.54) is 0 Å². The Morgan fingerprint density at radius 2 is 2.15 bits per heavy atom. The lowest BCUT2D eigenvalue weighted by Crippen LogP contribution is -2.30. The number of methoxy groups -OCH3 is 1. The SMILES string of the molecule is COCCOCC(=O)NC(C)c1nc(C(C)(C)C)cs1. The molecule has 1 N–H and O–H groups in total. The Hall–Kier alpha value is -0.980. The standard InChI is InChI=1S/C14H24N2O3S/c1-10(15-12(17)8-19-7-6-18-5)13-16-11(9-20-13)14(2,3)4/h9-10H,6-8H2,1-5H3,(H,15,17). The fraction of sp³-hybridized carbons (Fsp3) is 0.714. The minimum absolute atomic E-state index is 0.0295. The second kappa shape index (κ2) is 7.71. The number of nitrogens with zero attached hydrogens (tertiary/aromatic N) is 1. The van der Waals surface area contributed by atoms with Crippen molar-refractivity contribution in [2.75, 3.05) is 26.9 Å². The third kappa shape index (κ3) is 5.56. The molecule has 0 spiro atoms. The molecule has 5 nitrogen and oxygen atoms in total. The summed E-state index contributed by atoms with van der Waals surface area (Å²) in [6.45, 7) is 9.26. The second-order valence-electron chi connectivity index (χ2n) is 5.66. The topological polar surface area (TPSA) is 60.5 Å². The Kier molecular flexibility index (Phi) is 6.58. The van der Waals surface area contributed by atoms with Crippen LogP contribution in [-0.4, -0.2) is 37.8 Å². The van der Waals surface area contributed by atoms with E-state index in [9.17, 15) is 4.79 Å². The van der Waals surface area contributed by atoms with Gasteiger partial charge in [-0.25, -0.2) is 4.98 Å². The first-order valence-corrected chi connectivity index (χ1v) is 7.54. The van der Waals surface area contributed by atoms with Gasteiger partial charge >= 0.3 is 0 Å². The molecule has 1 aromatic rings. The van der Waals surface area contributed by atoms with E-state index in [1.54, 1.807) is 18.4 Å². The minimum Gasteiger partial charge on any atom is -0.382 e. The molecule has 0 aliphatic rings. The lowest BCUT2D eigenvalue weighted by molar-refractivity contribution is -0.126. The number of carbonyl (C=O) groups is 1. The number of carbonyl (C=O) groups excluding carboxylic acids is 1. The van der Waals surface area contributed by atoms with Gasteiger partial charge in [0.1, 0.15) is 11.6 Å². The van der Waals surface area contributed by atoms with Crippen LogP contribution in [-0.2, 0) is 19.7 Å². The first kappa shape index (κ1) is 17.1. The third-order valence-corrected chi connectivity index (χ3v) is 3.73. The number of rotatable bonds is 7. The summed E-state index contributed by atoms with van der Waals surface area (Å²) in [4.78, 5) is 16.3. The molecule has 114 valence electrons. The summed E-state index contributed by atoms with van der Waals surface area (Å²) >= 11 is 1.57. The molecule has 0 radical (unpaired) electrons. The van der Waals surface area contributed by atoms with Gasteiger partial charge in [0, 0.05) is 17.9 Å². The molecular formula is C14H24N2O3S. The van der Waals surface area contributed by atoms with Crippen LogP contribution in [0, 0.1) is 0 Å². The largest absolute Gasteiger partial charge is 0.382 e. The van der Waals surface area contributed by atoms with Crippen molar-refractivity contribution in [2.24, 2.45) is 0 Å². The summed E-state index contributed by atoms with van der Waals surface area (Å²) in [5.74, 6) is -0.138. The highest BCUT2D eigenvalue weighted by atomic mass is 32.1. The van der Waals surface area contributed by atoms with E-state index in [1.807, 2.05) is 12.3 Å². The van der Waals surface area contributed by atoms with Crippen molar-refractivity contribution in [3.05, 3.63) is 16.1 Å². The van der Waals surface area contributed by atoms with Gasteiger partial charge in [-0.15, -0.1) is 11.3 Å². The smallest absolute Gasteiger partial charge is 0.246 e. The number of amides is 1. The monoisotopic (exact) mass is 300 g/mol. The highest BCUT2D eigenvalue weighted by Crippen LogP contribution is 2.26. The summed E-state index contributed by atoms with van der Waals surface area (Å²) in [6, 6.07) is -0.102. The molecule has 1 amide bonds. The van der Waals surface area contributed by atoms with Gasteiger partial charge in [0.2, 0.25) is 5.91 Å². The molecule has 0 aromatic carbocycles. The Morgan fingerprint density at radius 1 is 1.45 bits per heavy atom. The number of nitrogens with one attached hydrogen (secondary N) is 1. The van der Waals surface area contributed by atoms with Crippen molar-refractivity contribution in [3.8, 4) is 0 Å². The van der Waals surface area contributed by atoms with E-state index in [4.69, 9.17) is 9.47 Å². The molecule has 0 saturated carbocycles. The van der Waals surface area contributed by atoms with E-state index in [0.29, 0.717) is 13.2 Å². The zero-order valence-electron chi connectivity index (χ0n) is 12.9. The van der Waals surface area contributed by atoms with Gasteiger partial charge in [-0.2, -0.15) is 0 Å². The summed E-state index contributed by atoms with van der Waals surface area (Å²) in [5.41, 5.74) is 1.08. The van der Waals surface area contributed by atoms with E-state index in [0.717, 1.165) is 10.7 Å². The van der Waals surface area contributed by atoms with E-state index in [2.05, 4.69) is 31.1 Å². The van der Waals surface area contributed by atoms with Crippen LogP contribution < -0.4 is 5.32 Å². The number of thiazole rings is 1. The molecule has 1 heterocycles. The maximum atomic E-state index is 11.7. The Bertz CT molecular complexity index is 426. The Morgan fingerprint density at radius 3 is 2.70 bits per heavy atom. The van der Waals surface area contributed by atoms with E-state index < -0.39 is 0 Å². The third-order valence-electron chi connectivity index (χ3n) is 2.70. The van der Waals surface area contributed by atoms with Crippen LogP contribution in [0.4, 0.5) is 0 Å². The van der Waals surface area contributed by atoms with Crippen molar-refractivity contribution in [1.29, 1.82) is 0 Å². The normalized spacial score (nSPS) is 13.2. The zero-order valence-corrected chi connectivity index (χ0v) is 13.7. The quantitative estimate of drug-likeness (QED) is 0.785. The molecule has 0 bridgehead atoms. The molecule has 1 atom stereocenters. The van der Waals surface area contributed by atoms with Gasteiger partial charge in [0.05, 0.1) is 24.9 Å². The van der Waals surface area contributed by atoms with Crippen LogP contribution in [0.5, 0.6) is 0 Å². The van der Waals surface area contributed by atoms with Crippen molar-refractivity contribution in [1.82, 2.24) is 10.3 Å². The lowest BCUT2D eigenvalue weighted by Gasteiger charge is -2.15. The van der Waals surface area contributed by atoms with Crippen LogP contribution in [0.25, 0.3) is 0 Å². The van der Waals surface area contributed by atoms with Gasteiger partial charge in [0.15, 0.2) is 0 Å². The van der Waals surface area contributed by atoms with Crippen molar-refractivity contribution >= 4 is 17.2 Å². The van der Waals surface area contributed by atoms with Gasteiger partial charge in [-0.05, 0) is 6.92 Å². The van der Waals surface area contributed by atoms with Gasteiger partial charge in [-0.1, -0.05) is 20.8 Å². The number of hydrogen-bond donors (Lipinski definition) is 1. The summed E-state index contributed by atoms with van der Waals surface area (Å²) in [7, 11) is 1.60. The molecule has 6 heteroatoms. The van der Waals surface area contributed by atoms with Crippen molar-refractivity contribution in [2.45, 2.75) is 39.2 Å². The molecule has 1 unspecified atom stereocenters. The van der Waals surface area contributed by atoms with Crippen LogP contribution in [0.1, 0.15) is 44.4 Å². The first-order chi connectivity index (χ1) is 9.34. The lowest BCUT2D eigenvalue weighted by atomic mass is 9.93. The van der Waals surface area contributed by atoms with Gasteiger partial charge in [-0.3, -0.25) is 4.79 Å². The maximum Gasteiger partial charge on any atom is 0.246 e. The average Bonchev–Trinajstić information content (AvgIpc) is 2.84. The number of hydrogen-bond acceptors (Lipinski definition) is 5. The summed E-state index contributed by atoms with van der Waals surface area (Å²) < 4.78 is 10.0. The highest BCUT2D eigenvalue weighted by Gasteiger charge is 2.20. The van der Waals surface area contributed by atoms with Crippen molar-refractivity contribution in [3.63, 3.8) is 0 Å². The molecule has 1 aromatic heterocycles. The minimum atomic E-state index is -0.138. The molecule has 1 rings (SSSR count). The average molecular weight is 300 g/mol. The Balaban J connectivity index is 2.44. The zero-order chi connectivity index (χ0) is 15.2. The van der Waals surface area contributed by atoms with Gasteiger partial charge in [0.25, 0.3) is 0 Å². The first-order valence-electron chi connectivity index (χ1n) is 6.66. The predicted molar refractivity (Wildman–Crippen MR) is 80.1 cm³/mol. The fourth-order valence-corrected chi connectivity index (χ4v) is 2.54. The van der Waals surface area contributed by atoms with Crippen molar-refractivity contribution < 1.29 is 14.3 Å². The molecule has 20 heavy (non-hydrogen) atoms. The molecule has 0 saturated heterocycles. The predicted octanol–water partition coefficient (Wildman–Crippen LogP) is 2.28. The molecule has 0 aliphatic carbocycles. The fourth-order valence-electron chi connectivity index (χ4n) is 1.48. The molecule has 0 aliphatic heterocycles.